The van der Waals surface area contributed by atoms with Gasteiger partial charge in [-0.25, -0.2) is 50.9 Å². The molecule has 0 spiro atoms. The SMILES string of the molecule is CC(=O)CC(NCc1c(Cl)cccc1Cl)c1ccc2c(c1)nc(-c1ccc(N(CCO)CCO)cc1)n2Cc1ccc(F)c(F)c1.CCCN(CCC)c1ccc(-c2nc3cc(C(CC(C)=O)NC(=O)Nc4ccc(Cl)c(Cl)c4)ccc3n2Cc2ccc(F)c(F)c2)cc1.CCCN(CCC)c1ccc(-c2nc3cc(C(CC(N)=O)NC(=O)Nc4ccc(C)c(Cl)c4)ccc3n2Cc2ccc(F)c(F)c2)cc1. The second-order valence-corrected chi connectivity index (χ2v) is 36.7. The summed E-state index contributed by atoms with van der Waals surface area (Å²) in [6.07, 6.45) is 4.26. The van der Waals surface area contributed by atoms with Gasteiger partial charge in [0.1, 0.15) is 29.0 Å². The van der Waals surface area contributed by atoms with Gasteiger partial charge in [0.25, 0.3) is 0 Å². The topological polar surface area (TPSA) is 275 Å². The summed E-state index contributed by atoms with van der Waals surface area (Å²) in [6, 6.07) is 64.6. The number of urea groups is 2. The van der Waals surface area contributed by atoms with E-state index in [2.05, 4.69) is 88.3 Å². The largest absolute Gasteiger partial charge is 0.395 e. The molecule has 9 N–H and O–H groups in total. The van der Waals surface area contributed by atoms with E-state index in [0.717, 1.165) is 137 Å². The normalized spacial score (nSPS) is 11.9. The van der Waals surface area contributed by atoms with Crippen molar-refractivity contribution in [3.8, 4) is 34.2 Å². The van der Waals surface area contributed by atoms with Gasteiger partial charge in [-0.3, -0.25) is 14.4 Å². The summed E-state index contributed by atoms with van der Waals surface area (Å²) in [6.45, 7) is 18.9. The molecule has 740 valence electrons. The maximum Gasteiger partial charge on any atom is 0.319 e. The van der Waals surface area contributed by atoms with Crippen LogP contribution in [0.1, 0.15) is 149 Å². The van der Waals surface area contributed by atoms with Crippen molar-refractivity contribution < 1.29 is 60.5 Å². The number of halogens is 11. The Hall–Kier alpha value is -13.3. The van der Waals surface area contributed by atoms with Crippen LogP contribution >= 0.6 is 58.0 Å². The zero-order chi connectivity index (χ0) is 102. The van der Waals surface area contributed by atoms with Crippen molar-refractivity contribution in [2.45, 2.75) is 138 Å². The van der Waals surface area contributed by atoms with Gasteiger partial charge in [-0.05, 0) is 273 Å². The fourth-order valence-electron chi connectivity index (χ4n) is 17.0. The summed E-state index contributed by atoms with van der Waals surface area (Å²) < 4.78 is 89.8. The molecule has 15 rings (SSSR count). The average molecular weight is 2030 g/mol. The van der Waals surface area contributed by atoms with E-state index >= 15 is 0 Å². The molecule has 22 nitrogen and oxygen atoms in total. The zero-order valence-electron chi connectivity index (χ0n) is 79.4. The minimum atomic E-state index is -0.931. The number of aliphatic hydroxyl groups is 2. The molecule has 5 amide bonds. The molecular weight excluding hydrogens is 1920 g/mol. The van der Waals surface area contributed by atoms with Gasteiger partial charge in [0, 0.05) is 150 Å². The van der Waals surface area contributed by atoms with Crippen LogP contribution in [0.25, 0.3) is 67.3 Å². The van der Waals surface area contributed by atoms with Gasteiger partial charge in [-0.2, -0.15) is 0 Å². The highest BCUT2D eigenvalue weighted by atomic mass is 35.5. The first-order chi connectivity index (χ1) is 68.3. The molecule has 0 saturated heterocycles. The van der Waals surface area contributed by atoms with Crippen LogP contribution in [-0.2, 0) is 40.6 Å². The number of Topliss-reactive ketones (excluding diaryl/α,β-unsaturated/α-hetero) is 2. The van der Waals surface area contributed by atoms with E-state index in [-0.39, 0.29) is 69.7 Å². The number of amides is 5. The molecule has 0 aliphatic carbocycles. The third-order valence-electron chi connectivity index (χ3n) is 23.9. The molecule has 15 aromatic rings. The maximum absolute atomic E-state index is 14.2. The van der Waals surface area contributed by atoms with Crippen molar-refractivity contribution >= 4 is 149 Å². The van der Waals surface area contributed by atoms with Crippen molar-refractivity contribution in [2.24, 2.45) is 5.73 Å². The molecule has 3 unspecified atom stereocenters. The smallest absolute Gasteiger partial charge is 0.319 e. The van der Waals surface area contributed by atoms with Crippen molar-refractivity contribution in [3.05, 3.63) is 341 Å². The van der Waals surface area contributed by atoms with Crippen molar-refractivity contribution in [1.29, 1.82) is 0 Å². The van der Waals surface area contributed by atoms with E-state index in [4.69, 9.17) is 78.7 Å². The third-order valence-corrected chi connectivity index (χ3v) is 25.7. The standard InChI is InChI=1S/C37H37Cl2F2N5O2.C37H39ClF2N6O2.C35H34Cl2F2N4O3/c1-4-16-45(17-5-2)28-11-7-25(8-12-28)36-43-34-20-26(9-15-35(34)46(36)22-24-6-14-31(40)32(41)19-24)33(18-23(3)47)44-37(48)42-27-10-13-29(38)30(39)21-27;1-4-16-45(17-5-2)28-12-8-25(9-13-28)36-43-33-19-26(10-15-34(33)46(36)22-24-7-14-30(39)31(40)18-24)32(21-35(41)47)44-37(48)42-27-11-6-23(3)29(38)20-27;1-22(46)17-32(40-20-27-28(36)3-2-4-29(27)37)25-8-12-34-33(19-25)41-35(43(34)21-23-5-11-30(38)31(39)18-23)24-6-9-26(10-7-24)42(13-15-44)14-16-45/h6-15,19-21,33H,4-5,16-18,22H2,1-3H3,(H2,42,44,48);6-15,18-20,32H,4-5,16-17,21-22H2,1-3H3,(H2,41,47)(H2,42,44,48);2-12,18-19,32,40,44-45H,13-17,20-21H2,1H3. The Morgan fingerprint density at radius 3 is 1.06 bits per heavy atom. The number of carbonyl (C=O) groups excluding carboxylic acids is 5. The Kier molecular flexibility index (Phi) is 37.3. The molecule has 3 heterocycles. The lowest BCUT2D eigenvalue weighted by Crippen LogP contribution is -2.35. The number of aliphatic hydroxyl groups excluding tert-OH is 2. The highest BCUT2D eigenvalue weighted by Gasteiger charge is 2.27. The number of rotatable bonds is 40. The van der Waals surface area contributed by atoms with Crippen LogP contribution in [-0.4, -0.2) is 121 Å². The second kappa shape index (κ2) is 49.9. The van der Waals surface area contributed by atoms with Gasteiger partial charge in [-0.1, -0.05) is 134 Å². The fourth-order valence-corrected chi connectivity index (χ4v) is 18.0. The van der Waals surface area contributed by atoms with Gasteiger partial charge in [0.05, 0.1) is 74.9 Å². The second-order valence-electron chi connectivity index (χ2n) is 34.6. The number of anilines is 5. The maximum atomic E-state index is 14.2. The van der Waals surface area contributed by atoms with E-state index in [0.29, 0.717) is 118 Å². The van der Waals surface area contributed by atoms with Gasteiger partial charge >= 0.3 is 12.1 Å². The summed E-state index contributed by atoms with van der Waals surface area (Å²) in [5, 5.41) is 35.8. The predicted octanol–water partition coefficient (Wildman–Crippen LogP) is 25.1. The molecule has 0 bridgehead atoms. The Bertz CT molecular complexity index is 6680. The molecule has 0 aliphatic heterocycles. The first kappa shape index (κ1) is 106. The number of benzene rings is 12. The molecule has 12 aromatic carbocycles. The molecule has 0 saturated carbocycles. The fraction of sp³-hybridized carbons (Fsp3) is 0.266. The van der Waals surface area contributed by atoms with Crippen molar-refractivity contribution in [2.75, 3.05) is 77.8 Å². The number of carbonyl (C=O) groups is 5. The lowest BCUT2D eigenvalue weighted by molar-refractivity contribution is -0.119. The lowest BCUT2D eigenvalue weighted by atomic mass is 10.0. The van der Waals surface area contributed by atoms with Crippen LogP contribution in [0.5, 0.6) is 0 Å². The Morgan fingerprint density at radius 1 is 0.380 bits per heavy atom. The van der Waals surface area contributed by atoms with E-state index in [1.54, 1.807) is 78.9 Å². The predicted molar refractivity (Wildman–Crippen MR) is 557 cm³/mol. The van der Waals surface area contributed by atoms with Crippen LogP contribution in [0.3, 0.4) is 0 Å². The van der Waals surface area contributed by atoms with Crippen LogP contribution in [0, 0.1) is 41.8 Å². The molecule has 33 heteroatoms. The summed E-state index contributed by atoms with van der Waals surface area (Å²) in [4.78, 5) is 84.2. The third kappa shape index (κ3) is 27.5. The van der Waals surface area contributed by atoms with E-state index in [1.165, 1.54) is 38.1 Å². The summed E-state index contributed by atoms with van der Waals surface area (Å²) >= 11 is 31.1. The summed E-state index contributed by atoms with van der Waals surface area (Å²) in [5.41, 5.74) is 21.6. The highest BCUT2D eigenvalue weighted by Crippen LogP contribution is 2.38. The first-order valence-corrected chi connectivity index (χ1v) is 48.6. The number of imidazole rings is 3. The van der Waals surface area contributed by atoms with Gasteiger partial charge in [0.15, 0.2) is 34.9 Å². The number of ketones is 2. The van der Waals surface area contributed by atoms with E-state index in [1.807, 2.05) is 117 Å². The first-order valence-electron chi connectivity index (χ1n) is 46.7. The van der Waals surface area contributed by atoms with Crippen LogP contribution in [0.4, 0.5) is 64.4 Å². The Morgan fingerprint density at radius 2 is 0.725 bits per heavy atom. The molecular formula is C109H110Cl5F6N15O7. The zero-order valence-corrected chi connectivity index (χ0v) is 83.2. The number of nitrogens with one attached hydrogen (secondary N) is 5. The summed E-state index contributed by atoms with van der Waals surface area (Å²) in [5.74, 6) is -4.35. The highest BCUT2D eigenvalue weighted by molar-refractivity contribution is 6.42. The quantitative estimate of drug-likeness (QED) is 0.0166. The molecule has 0 aliphatic rings. The van der Waals surface area contributed by atoms with E-state index < -0.39 is 65.0 Å². The minimum Gasteiger partial charge on any atom is -0.395 e. The van der Waals surface area contributed by atoms with Crippen molar-refractivity contribution in [3.63, 3.8) is 0 Å². The van der Waals surface area contributed by atoms with Crippen LogP contribution in [0.2, 0.25) is 25.1 Å². The van der Waals surface area contributed by atoms with E-state index in [9.17, 15) is 60.5 Å². The number of nitrogens with two attached hydrogens (primary N) is 1. The number of fused-ring (bicyclic) bond motifs is 3. The average Bonchev–Trinajstić information content (AvgIpc) is 1.63. The minimum absolute atomic E-state index is 0.00365. The number of hydrogen-bond acceptors (Lipinski definition) is 14. The van der Waals surface area contributed by atoms with Gasteiger partial charge < -0.3 is 70.9 Å². The number of aromatic nitrogens is 6. The molecule has 142 heavy (non-hydrogen) atoms. The van der Waals surface area contributed by atoms with Crippen LogP contribution < -0.4 is 47.0 Å². The summed E-state index contributed by atoms with van der Waals surface area (Å²) in [7, 11) is 0. The van der Waals surface area contributed by atoms with Gasteiger partial charge in [0.2, 0.25) is 5.91 Å². The Labute approximate surface area is 845 Å². The number of hydrogen-bond donors (Lipinski definition) is 8. The molecule has 3 aromatic heterocycles. The van der Waals surface area contributed by atoms with Crippen LogP contribution in [0.15, 0.2) is 237 Å². The van der Waals surface area contributed by atoms with Gasteiger partial charge in [-0.15, -0.1) is 0 Å². The van der Waals surface area contributed by atoms with Crippen molar-refractivity contribution in [1.82, 2.24) is 44.6 Å². The molecule has 0 radical (unpaired) electrons. The lowest BCUT2D eigenvalue weighted by Gasteiger charge is -2.24. The Balaban J connectivity index is 0.000000179. The number of nitrogens with zero attached hydrogens (tertiary/aromatic N) is 9. The monoisotopic (exact) mass is 2030 g/mol. The molecule has 3 atom stereocenters. The number of aryl methyl sites for hydroxylation is 1. The molecule has 0 fully saturated rings. The number of primary amides is 1.